The van der Waals surface area contributed by atoms with Crippen molar-refractivity contribution in [2.45, 2.75) is 25.6 Å². The summed E-state index contributed by atoms with van der Waals surface area (Å²) in [4.78, 5) is 12.1. The van der Waals surface area contributed by atoms with E-state index in [-0.39, 0.29) is 18.6 Å². The Bertz CT molecular complexity index is 639. The highest BCUT2D eigenvalue weighted by atomic mass is 35.5. The molecule has 0 amide bonds. The van der Waals surface area contributed by atoms with E-state index in [1.807, 2.05) is 24.3 Å². The molecule has 0 saturated carbocycles. The number of nitrogens with one attached hydrogen (secondary N) is 1. The molecule has 3 rings (SSSR count). The van der Waals surface area contributed by atoms with Gasteiger partial charge >= 0.3 is 5.97 Å². The van der Waals surface area contributed by atoms with E-state index in [2.05, 4.69) is 17.4 Å². The normalized spacial score (nSPS) is 17.1. The zero-order valence-corrected chi connectivity index (χ0v) is 12.3. The summed E-state index contributed by atoms with van der Waals surface area (Å²) in [5.74, 6) is -0.209. The first-order valence-electron chi connectivity index (χ1n) is 6.93. The van der Waals surface area contributed by atoms with Crippen LogP contribution in [0.25, 0.3) is 0 Å². The fraction of sp³-hybridized carbons (Fsp3) is 0.235. The van der Waals surface area contributed by atoms with Crippen LogP contribution in [0.5, 0.6) is 0 Å². The molecule has 0 saturated heterocycles. The van der Waals surface area contributed by atoms with Gasteiger partial charge < -0.3 is 10.1 Å². The van der Waals surface area contributed by atoms with E-state index in [0.717, 1.165) is 5.56 Å². The molecule has 21 heavy (non-hydrogen) atoms. The standard InChI is InChI=1S/C17H16ClNO2/c18-15-7-5-12(6-8-15)11-21-17(20)16-9-13-3-1-2-4-14(13)10-19-16/h1-8,16,19H,9-11H2/t16-/m0/s1. The lowest BCUT2D eigenvalue weighted by molar-refractivity contribution is -0.147. The molecule has 0 fully saturated rings. The van der Waals surface area contributed by atoms with Crippen LogP contribution in [0.3, 0.4) is 0 Å². The smallest absolute Gasteiger partial charge is 0.323 e. The van der Waals surface area contributed by atoms with Crippen LogP contribution in [-0.4, -0.2) is 12.0 Å². The largest absolute Gasteiger partial charge is 0.460 e. The van der Waals surface area contributed by atoms with Gasteiger partial charge in [0.05, 0.1) is 0 Å². The first-order valence-corrected chi connectivity index (χ1v) is 7.31. The van der Waals surface area contributed by atoms with Gasteiger partial charge in [-0.3, -0.25) is 4.79 Å². The molecular formula is C17H16ClNO2. The number of esters is 1. The quantitative estimate of drug-likeness (QED) is 0.885. The molecule has 2 aromatic rings. The molecule has 1 aliphatic rings. The second kappa shape index (κ2) is 6.29. The molecule has 0 bridgehead atoms. The van der Waals surface area contributed by atoms with E-state index in [0.29, 0.717) is 18.0 Å². The third-order valence-corrected chi connectivity index (χ3v) is 3.91. The molecular weight excluding hydrogens is 286 g/mol. The van der Waals surface area contributed by atoms with Crippen molar-refractivity contribution in [1.29, 1.82) is 0 Å². The summed E-state index contributed by atoms with van der Waals surface area (Å²) in [6, 6.07) is 15.2. The molecule has 0 aliphatic carbocycles. The molecule has 1 N–H and O–H groups in total. The Kier molecular flexibility index (Phi) is 4.23. The minimum absolute atomic E-state index is 0.209. The van der Waals surface area contributed by atoms with Gasteiger partial charge in [-0.15, -0.1) is 0 Å². The Morgan fingerprint density at radius 3 is 2.62 bits per heavy atom. The molecule has 108 valence electrons. The number of carbonyl (C=O) groups is 1. The Morgan fingerprint density at radius 1 is 1.14 bits per heavy atom. The molecule has 2 aromatic carbocycles. The number of halogens is 1. The molecule has 1 atom stereocenters. The summed E-state index contributed by atoms with van der Waals surface area (Å²) in [5, 5.41) is 3.90. The van der Waals surface area contributed by atoms with E-state index in [9.17, 15) is 4.79 Å². The van der Waals surface area contributed by atoms with E-state index in [1.165, 1.54) is 11.1 Å². The second-order valence-corrected chi connectivity index (χ2v) is 5.58. The van der Waals surface area contributed by atoms with Gasteiger partial charge in [-0.2, -0.15) is 0 Å². The number of benzene rings is 2. The van der Waals surface area contributed by atoms with Crippen molar-refractivity contribution in [3.8, 4) is 0 Å². The Morgan fingerprint density at radius 2 is 1.86 bits per heavy atom. The van der Waals surface area contributed by atoms with Crippen molar-refractivity contribution in [3.63, 3.8) is 0 Å². The Hall–Kier alpha value is -1.84. The number of hydrogen-bond donors (Lipinski definition) is 1. The third kappa shape index (κ3) is 3.43. The highest BCUT2D eigenvalue weighted by molar-refractivity contribution is 6.30. The highest BCUT2D eigenvalue weighted by Crippen LogP contribution is 2.17. The maximum absolute atomic E-state index is 12.1. The number of rotatable bonds is 3. The van der Waals surface area contributed by atoms with Crippen LogP contribution in [0.2, 0.25) is 5.02 Å². The summed E-state index contributed by atoms with van der Waals surface area (Å²) < 4.78 is 5.38. The van der Waals surface area contributed by atoms with Gasteiger partial charge in [0, 0.05) is 11.6 Å². The lowest BCUT2D eigenvalue weighted by atomic mass is 9.96. The van der Waals surface area contributed by atoms with Crippen molar-refractivity contribution in [2.24, 2.45) is 0 Å². The molecule has 0 radical (unpaired) electrons. The van der Waals surface area contributed by atoms with E-state index in [4.69, 9.17) is 16.3 Å². The number of hydrogen-bond acceptors (Lipinski definition) is 3. The number of carbonyl (C=O) groups excluding carboxylic acids is 1. The summed E-state index contributed by atoms with van der Waals surface area (Å²) in [5.41, 5.74) is 3.40. The first kappa shape index (κ1) is 14.1. The van der Waals surface area contributed by atoms with E-state index in [1.54, 1.807) is 12.1 Å². The predicted molar refractivity (Wildman–Crippen MR) is 82.0 cm³/mol. The van der Waals surface area contributed by atoms with Gasteiger partial charge in [0.15, 0.2) is 0 Å². The van der Waals surface area contributed by atoms with Crippen LogP contribution in [0, 0.1) is 0 Å². The predicted octanol–water partition coefficient (Wildman–Crippen LogP) is 3.10. The fourth-order valence-electron chi connectivity index (χ4n) is 2.46. The Labute approximate surface area is 128 Å². The van der Waals surface area contributed by atoms with Crippen LogP contribution in [0.1, 0.15) is 16.7 Å². The topological polar surface area (TPSA) is 38.3 Å². The van der Waals surface area contributed by atoms with Crippen molar-refractivity contribution in [3.05, 3.63) is 70.2 Å². The zero-order chi connectivity index (χ0) is 14.7. The van der Waals surface area contributed by atoms with Gasteiger partial charge in [-0.1, -0.05) is 48.0 Å². The maximum atomic E-state index is 12.1. The molecule has 0 spiro atoms. The van der Waals surface area contributed by atoms with Crippen LogP contribution >= 0.6 is 11.6 Å². The molecule has 0 unspecified atom stereocenters. The molecule has 3 nitrogen and oxygen atoms in total. The molecule has 1 aliphatic heterocycles. The number of ether oxygens (including phenoxy) is 1. The fourth-order valence-corrected chi connectivity index (χ4v) is 2.58. The SMILES string of the molecule is O=C(OCc1ccc(Cl)cc1)[C@@H]1Cc2ccccc2CN1. The van der Waals surface area contributed by atoms with Gasteiger partial charge in [-0.25, -0.2) is 0 Å². The van der Waals surface area contributed by atoms with Crippen LogP contribution in [0.4, 0.5) is 0 Å². The van der Waals surface area contributed by atoms with Crippen LogP contribution < -0.4 is 5.32 Å². The average Bonchev–Trinajstić information content (AvgIpc) is 2.53. The average molecular weight is 302 g/mol. The number of fused-ring (bicyclic) bond motifs is 1. The molecule has 4 heteroatoms. The lowest BCUT2D eigenvalue weighted by Gasteiger charge is -2.24. The minimum atomic E-state index is -0.271. The summed E-state index contributed by atoms with van der Waals surface area (Å²) in [7, 11) is 0. The van der Waals surface area contributed by atoms with Crippen LogP contribution in [0.15, 0.2) is 48.5 Å². The molecule has 1 heterocycles. The Balaban J connectivity index is 1.58. The van der Waals surface area contributed by atoms with Crippen molar-refractivity contribution >= 4 is 17.6 Å². The molecule has 0 aromatic heterocycles. The van der Waals surface area contributed by atoms with Crippen molar-refractivity contribution in [2.75, 3.05) is 0 Å². The van der Waals surface area contributed by atoms with Gasteiger partial charge in [0.1, 0.15) is 12.6 Å². The zero-order valence-electron chi connectivity index (χ0n) is 11.5. The first-order chi connectivity index (χ1) is 10.2. The third-order valence-electron chi connectivity index (χ3n) is 3.66. The highest BCUT2D eigenvalue weighted by Gasteiger charge is 2.25. The van der Waals surface area contributed by atoms with Crippen molar-refractivity contribution in [1.82, 2.24) is 5.32 Å². The lowest BCUT2D eigenvalue weighted by Crippen LogP contribution is -2.42. The van der Waals surface area contributed by atoms with Crippen LogP contribution in [-0.2, 0) is 29.1 Å². The second-order valence-electron chi connectivity index (χ2n) is 5.14. The van der Waals surface area contributed by atoms with Crippen molar-refractivity contribution < 1.29 is 9.53 Å². The summed E-state index contributed by atoms with van der Waals surface area (Å²) in [6.45, 7) is 0.979. The van der Waals surface area contributed by atoms with Gasteiger partial charge in [0.25, 0.3) is 0 Å². The van der Waals surface area contributed by atoms with Gasteiger partial charge in [0.2, 0.25) is 0 Å². The summed E-state index contributed by atoms with van der Waals surface area (Å²) >= 11 is 5.83. The van der Waals surface area contributed by atoms with E-state index >= 15 is 0 Å². The van der Waals surface area contributed by atoms with E-state index < -0.39 is 0 Å². The monoisotopic (exact) mass is 301 g/mol. The minimum Gasteiger partial charge on any atom is -0.460 e. The summed E-state index contributed by atoms with van der Waals surface area (Å²) in [6.07, 6.45) is 0.676. The maximum Gasteiger partial charge on any atom is 0.323 e. The van der Waals surface area contributed by atoms with Gasteiger partial charge in [-0.05, 0) is 35.2 Å².